The fraction of sp³-hybridized carbons (Fsp3) is 0.462. The van der Waals surface area contributed by atoms with Crippen molar-refractivity contribution >= 4 is 17.4 Å². The summed E-state index contributed by atoms with van der Waals surface area (Å²) in [4.78, 5) is 13.6. The molecule has 0 saturated carbocycles. The van der Waals surface area contributed by atoms with Crippen molar-refractivity contribution in [2.75, 3.05) is 7.05 Å². The first-order valence-electron chi connectivity index (χ1n) is 5.52. The lowest BCUT2D eigenvalue weighted by Crippen LogP contribution is -2.35. The van der Waals surface area contributed by atoms with E-state index in [0.717, 1.165) is 17.1 Å². The molecule has 1 aromatic rings. The molecule has 0 radical (unpaired) electrons. The van der Waals surface area contributed by atoms with Gasteiger partial charge in [-0.3, -0.25) is 9.69 Å². The van der Waals surface area contributed by atoms with Crippen molar-refractivity contribution in [3.63, 3.8) is 0 Å². The molecule has 0 aliphatic carbocycles. The van der Waals surface area contributed by atoms with E-state index in [1.165, 1.54) is 0 Å². The third-order valence-corrected chi connectivity index (χ3v) is 3.03. The SMILES string of the molecule is CCC(=O)C(C)N(C)Cc1cccc(Cl)c1. The zero-order valence-corrected chi connectivity index (χ0v) is 10.8. The molecular formula is C13H18ClNO. The fourth-order valence-electron chi connectivity index (χ4n) is 1.60. The molecule has 0 aliphatic rings. The second kappa shape index (κ2) is 6.02. The Morgan fingerprint density at radius 3 is 2.75 bits per heavy atom. The maximum atomic E-state index is 11.5. The van der Waals surface area contributed by atoms with Crippen LogP contribution in [0.4, 0.5) is 0 Å². The van der Waals surface area contributed by atoms with E-state index in [1.54, 1.807) is 0 Å². The van der Waals surface area contributed by atoms with Gasteiger partial charge in [0, 0.05) is 18.0 Å². The third kappa shape index (κ3) is 3.62. The number of hydrogen-bond donors (Lipinski definition) is 0. The van der Waals surface area contributed by atoms with Crippen LogP contribution in [-0.2, 0) is 11.3 Å². The van der Waals surface area contributed by atoms with E-state index in [1.807, 2.05) is 50.1 Å². The molecule has 0 N–H and O–H groups in total. The highest BCUT2D eigenvalue weighted by Crippen LogP contribution is 2.13. The van der Waals surface area contributed by atoms with Gasteiger partial charge in [0.1, 0.15) is 5.78 Å². The number of hydrogen-bond acceptors (Lipinski definition) is 2. The number of halogens is 1. The smallest absolute Gasteiger partial charge is 0.149 e. The van der Waals surface area contributed by atoms with E-state index in [-0.39, 0.29) is 11.8 Å². The fourth-order valence-corrected chi connectivity index (χ4v) is 1.81. The van der Waals surface area contributed by atoms with Crippen molar-refractivity contribution in [1.29, 1.82) is 0 Å². The summed E-state index contributed by atoms with van der Waals surface area (Å²) >= 11 is 5.91. The quantitative estimate of drug-likeness (QED) is 0.787. The van der Waals surface area contributed by atoms with Gasteiger partial charge in [-0.1, -0.05) is 30.7 Å². The van der Waals surface area contributed by atoms with E-state index < -0.39 is 0 Å². The molecule has 2 nitrogen and oxygen atoms in total. The van der Waals surface area contributed by atoms with Gasteiger partial charge in [0.2, 0.25) is 0 Å². The number of nitrogens with zero attached hydrogens (tertiary/aromatic N) is 1. The molecule has 88 valence electrons. The molecule has 1 atom stereocenters. The second-order valence-corrected chi connectivity index (χ2v) is 4.48. The number of rotatable bonds is 5. The minimum Gasteiger partial charge on any atom is -0.298 e. The molecule has 0 saturated heterocycles. The Kier molecular flexibility index (Phi) is 4.97. The number of ketones is 1. The van der Waals surface area contributed by atoms with Crippen LogP contribution < -0.4 is 0 Å². The highest BCUT2D eigenvalue weighted by atomic mass is 35.5. The topological polar surface area (TPSA) is 20.3 Å². The van der Waals surface area contributed by atoms with E-state index >= 15 is 0 Å². The van der Waals surface area contributed by atoms with Crippen LogP contribution >= 0.6 is 11.6 Å². The van der Waals surface area contributed by atoms with Crippen molar-refractivity contribution < 1.29 is 4.79 Å². The predicted molar refractivity (Wildman–Crippen MR) is 67.7 cm³/mol. The van der Waals surface area contributed by atoms with Crippen molar-refractivity contribution in [2.45, 2.75) is 32.9 Å². The first kappa shape index (κ1) is 13.2. The van der Waals surface area contributed by atoms with Crippen LogP contribution in [0.3, 0.4) is 0 Å². The van der Waals surface area contributed by atoms with E-state index in [0.29, 0.717) is 6.42 Å². The van der Waals surface area contributed by atoms with Gasteiger partial charge in [-0.15, -0.1) is 0 Å². The van der Waals surface area contributed by atoms with Gasteiger partial charge < -0.3 is 0 Å². The summed E-state index contributed by atoms with van der Waals surface area (Å²) in [5.74, 6) is 0.268. The van der Waals surface area contributed by atoms with E-state index in [4.69, 9.17) is 11.6 Å². The first-order valence-corrected chi connectivity index (χ1v) is 5.89. The molecule has 0 bridgehead atoms. The standard InChI is InChI=1S/C13H18ClNO/c1-4-13(16)10(2)15(3)9-11-6-5-7-12(14)8-11/h5-8,10H,4,9H2,1-3H3. The molecule has 1 unspecified atom stereocenters. The zero-order chi connectivity index (χ0) is 12.1. The Hall–Kier alpha value is -0.860. The molecule has 0 fully saturated rings. The first-order chi connectivity index (χ1) is 7.54. The van der Waals surface area contributed by atoms with Gasteiger partial charge in [0.05, 0.1) is 6.04 Å². The van der Waals surface area contributed by atoms with E-state index in [2.05, 4.69) is 0 Å². The van der Waals surface area contributed by atoms with Crippen molar-refractivity contribution in [2.24, 2.45) is 0 Å². The third-order valence-electron chi connectivity index (χ3n) is 2.80. The summed E-state index contributed by atoms with van der Waals surface area (Å²) in [6, 6.07) is 7.69. The number of carbonyl (C=O) groups excluding carboxylic acids is 1. The summed E-state index contributed by atoms with van der Waals surface area (Å²) in [6.45, 7) is 4.58. The monoisotopic (exact) mass is 239 g/mol. The highest BCUT2D eigenvalue weighted by molar-refractivity contribution is 6.30. The Labute approximate surface area is 102 Å². The van der Waals surface area contributed by atoms with Gasteiger partial charge in [0.15, 0.2) is 0 Å². The average molecular weight is 240 g/mol. The van der Waals surface area contributed by atoms with Gasteiger partial charge in [0.25, 0.3) is 0 Å². The molecule has 3 heteroatoms. The lowest BCUT2D eigenvalue weighted by atomic mass is 10.1. The number of benzene rings is 1. The molecule has 0 heterocycles. The number of likely N-dealkylation sites (N-methyl/N-ethyl adjacent to an activating group) is 1. The van der Waals surface area contributed by atoms with Crippen LogP contribution in [0.25, 0.3) is 0 Å². The highest BCUT2D eigenvalue weighted by Gasteiger charge is 2.15. The van der Waals surface area contributed by atoms with Crippen LogP contribution in [0, 0.1) is 0 Å². The van der Waals surface area contributed by atoms with Crippen LogP contribution in [0.2, 0.25) is 5.02 Å². The van der Waals surface area contributed by atoms with Crippen molar-refractivity contribution in [1.82, 2.24) is 4.90 Å². The molecule has 16 heavy (non-hydrogen) atoms. The van der Waals surface area contributed by atoms with Crippen molar-refractivity contribution in [3.05, 3.63) is 34.9 Å². The summed E-state index contributed by atoms with van der Waals surface area (Å²) in [5, 5.41) is 0.736. The molecule has 1 rings (SSSR count). The van der Waals surface area contributed by atoms with Gasteiger partial charge in [-0.2, -0.15) is 0 Å². The van der Waals surface area contributed by atoms with Crippen LogP contribution in [0.15, 0.2) is 24.3 Å². The Morgan fingerprint density at radius 1 is 1.50 bits per heavy atom. The summed E-state index contributed by atoms with van der Waals surface area (Å²) in [7, 11) is 1.96. The molecule has 0 aromatic heterocycles. The lowest BCUT2D eigenvalue weighted by Gasteiger charge is -2.23. The lowest BCUT2D eigenvalue weighted by molar-refractivity contribution is -0.123. The summed E-state index contributed by atoms with van der Waals surface area (Å²) < 4.78 is 0. The number of Topliss-reactive ketones (excluding diaryl/α,β-unsaturated/α-hetero) is 1. The maximum absolute atomic E-state index is 11.5. The normalized spacial score (nSPS) is 12.8. The van der Waals surface area contributed by atoms with Gasteiger partial charge >= 0.3 is 0 Å². The van der Waals surface area contributed by atoms with E-state index in [9.17, 15) is 4.79 Å². The van der Waals surface area contributed by atoms with Crippen LogP contribution in [0.5, 0.6) is 0 Å². The Bertz CT molecular complexity index is 365. The van der Waals surface area contributed by atoms with Crippen LogP contribution in [0.1, 0.15) is 25.8 Å². The molecule has 0 spiro atoms. The van der Waals surface area contributed by atoms with Crippen molar-refractivity contribution in [3.8, 4) is 0 Å². The van der Waals surface area contributed by atoms with Gasteiger partial charge in [-0.25, -0.2) is 0 Å². The Morgan fingerprint density at radius 2 is 2.19 bits per heavy atom. The molecule has 0 amide bonds. The Balaban J connectivity index is 2.64. The molecule has 1 aromatic carbocycles. The molecular weight excluding hydrogens is 222 g/mol. The predicted octanol–water partition coefficient (Wildman–Crippen LogP) is 3.14. The van der Waals surface area contributed by atoms with Crippen LogP contribution in [-0.4, -0.2) is 23.8 Å². The summed E-state index contributed by atoms with van der Waals surface area (Å²) in [5.41, 5.74) is 1.13. The van der Waals surface area contributed by atoms with Gasteiger partial charge in [-0.05, 0) is 31.7 Å². The second-order valence-electron chi connectivity index (χ2n) is 4.04. The zero-order valence-electron chi connectivity index (χ0n) is 10.0. The largest absolute Gasteiger partial charge is 0.298 e. The minimum atomic E-state index is -0.0380. The minimum absolute atomic E-state index is 0.0380. The average Bonchev–Trinajstić information content (AvgIpc) is 2.27. The maximum Gasteiger partial charge on any atom is 0.149 e. The molecule has 0 aliphatic heterocycles. The summed E-state index contributed by atoms with van der Waals surface area (Å²) in [6.07, 6.45) is 0.584. The number of carbonyl (C=O) groups is 1.